The topological polar surface area (TPSA) is 368 Å². The molecule has 10 atom stereocenters. The highest BCUT2D eigenvalue weighted by Gasteiger charge is 2.45. The summed E-state index contributed by atoms with van der Waals surface area (Å²) in [5.41, 5.74) is 0. The van der Waals surface area contributed by atoms with Gasteiger partial charge in [0.15, 0.2) is 12.5 Å². The molecule has 1 aliphatic rings. The SMILES string of the molecule is COC(CO)C(O)C(O)C(NC(C)=O)OCCOCCNC(=O)CNC(=O)CCC(NC(=O)CCCC(C)=O)C(=O)NCCOCCOC1OC(CO)C(O)C(O)C1NC(C)=O. The number of Topliss-reactive ketones (excluding diaryl/α,β-unsaturated/α-hetero) is 1. The van der Waals surface area contributed by atoms with E-state index in [2.05, 4.69) is 31.9 Å². The molecule has 1 fully saturated rings. The van der Waals surface area contributed by atoms with Crippen LogP contribution in [0.1, 0.15) is 52.9 Å². The minimum atomic E-state index is -1.64. The molecule has 10 unspecified atom stereocenters. The van der Waals surface area contributed by atoms with Gasteiger partial charge in [0.05, 0.1) is 59.4 Å². The van der Waals surface area contributed by atoms with Gasteiger partial charge in [-0.15, -0.1) is 0 Å². The fourth-order valence-electron chi connectivity index (χ4n) is 5.69. The van der Waals surface area contributed by atoms with Crippen molar-refractivity contribution in [2.45, 2.75) is 114 Å². The molecule has 25 nitrogen and oxygen atoms in total. The molecule has 0 spiro atoms. The summed E-state index contributed by atoms with van der Waals surface area (Å²) < 4.78 is 32.2. The van der Waals surface area contributed by atoms with Crippen molar-refractivity contribution in [2.75, 3.05) is 79.6 Å². The third-order valence-electron chi connectivity index (χ3n) is 8.96. The Hall–Kier alpha value is -3.99. The molecular weight excluding hydrogens is 832 g/mol. The maximum atomic E-state index is 13.0. The van der Waals surface area contributed by atoms with Crippen molar-refractivity contribution in [2.24, 2.45) is 0 Å². The second kappa shape index (κ2) is 31.8. The Labute approximate surface area is 359 Å². The van der Waals surface area contributed by atoms with Crippen LogP contribution in [-0.2, 0) is 62.0 Å². The number of nitrogens with one attached hydrogen (secondary N) is 6. The number of ketones is 1. The van der Waals surface area contributed by atoms with Gasteiger partial charge in [-0.25, -0.2) is 0 Å². The minimum Gasteiger partial charge on any atom is -0.394 e. The largest absolute Gasteiger partial charge is 0.394 e. The molecule has 1 rings (SSSR count). The van der Waals surface area contributed by atoms with E-state index in [1.807, 2.05) is 0 Å². The van der Waals surface area contributed by atoms with E-state index in [9.17, 15) is 64.2 Å². The number of ether oxygens (including phenoxy) is 6. The molecule has 0 radical (unpaired) electrons. The van der Waals surface area contributed by atoms with Crippen molar-refractivity contribution in [3.63, 3.8) is 0 Å². The van der Waals surface area contributed by atoms with Gasteiger partial charge in [0, 0.05) is 53.3 Å². The summed E-state index contributed by atoms with van der Waals surface area (Å²) in [7, 11) is 1.22. The summed E-state index contributed by atoms with van der Waals surface area (Å²) in [6.07, 6.45) is -11.0. The number of carbonyl (C=O) groups excluding carboxylic acids is 7. The highest BCUT2D eigenvalue weighted by atomic mass is 16.7. The Balaban J connectivity index is 2.50. The Morgan fingerprint density at radius 3 is 1.97 bits per heavy atom. The number of aliphatic hydroxyl groups is 6. The van der Waals surface area contributed by atoms with Crippen LogP contribution in [0.3, 0.4) is 0 Å². The summed E-state index contributed by atoms with van der Waals surface area (Å²) in [6, 6.07) is -2.28. The Kier molecular flexibility index (Phi) is 28.7. The standard InChI is InChI=1S/C37H66N6O19/c1-21(46)6-5-7-28(50)43-24(35(56)39-11-13-59-15-17-61-37-30(41-22(2)47)33(54)32(53)26(20-45)62-37)8-9-27(49)40-18-29(51)38-10-12-58-14-16-60-36(42-23(3)48)34(55)31(52)25(19-44)57-4/h24-26,30-34,36-37,44-45,52-55H,5-20H2,1-4H3,(H,38,51)(H,39,56)(H,40,49)(H,41,47)(H,42,48)(H,43,50). The van der Waals surface area contributed by atoms with Gasteiger partial charge in [-0.2, -0.15) is 0 Å². The minimum absolute atomic E-state index is 0.0138. The van der Waals surface area contributed by atoms with Crippen LogP contribution in [0.2, 0.25) is 0 Å². The van der Waals surface area contributed by atoms with Crippen LogP contribution in [-0.4, -0.2) is 213 Å². The smallest absolute Gasteiger partial charge is 0.242 e. The second-order valence-corrected chi connectivity index (χ2v) is 14.1. The zero-order valence-electron chi connectivity index (χ0n) is 35.6. The summed E-state index contributed by atoms with van der Waals surface area (Å²) in [5, 5.41) is 74.7. The van der Waals surface area contributed by atoms with Crippen LogP contribution >= 0.6 is 0 Å². The highest BCUT2D eigenvalue weighted by molar-refractivity contribution is 5.89. The van der Waals surface area contributed by atoms with Crippen molar-refractivity contribution < 1.29 is 92.6 Å². The average molecular weight is 899 g/mol. The molecule has 0 aromatic heterocycles. The first-order chi connectivity index (χ1) is 29.4. The Morgan fingerprint density at radius 2 is 1.37 bits per heavy atom. The molecule has 25 heteroatoms. The molecule has 0 aromatic carbocycles. The van der Waals surface area contributed by atoms with E-state index in [0.29, 0.717) is 0 Å². The lowest BCUT2D eigenvalue weighted by Crippen LogP contribution is -2.64. The molecule has 0 aromatic rings. The maximum Gasteiger partial charge on any atom is 0.242 e. The van der Waals surface area contributed by atoms with Crippen molar-refractivity contribution in [1.82, 2.24) is 31.9 Å². The van der Waals surface area contributed by atoms with E-state index in [-0.39, 0.29) is 90.6 Å². The van der Waals surface area contributed by atoms with Crippen LogP contribution in [0.25, 0.3) is 0 Å². The van der Waals surface area contributed by atoms with Crippen molar-refractivity contribution in [3.05, 3.63) is 0 Å². The van der Waals surface area contributed by atoms with Crippen LogP contribution in [0.5, 0.6) is 0 Å². The van der Waals surface area contributed by atoms with Gasteiger partial charge >= 0.3 is 0 Å². The fourth-order valence-corrected chi connectivity index (χ4v) is 5.69. The molecule has 0 aliphatic carbocycles. The number of aliphatic hydroxyl groups excluding tert-OH is 6. The summed E-state index contributed by atoms with van der Waals surface area (Å²) in [5.74, 6) is -3.46. The number of rotatable bonds is 33. The monoisotopic (exact) mass is 898 g/mol. The first-order valence-electron chi connectivity index (χ1n) is 20.1. The molecule has 1 aliphatic heterocycles. The third-order valence-corrected chi connectivity index (χ3v) is 8.96. The second-order valence-electron chi connectivity index (χ2n) is 14.1. The number of hydrogen-bond donors (Lipinski definition) is 12. The lowest BCUT2D eigenvalue weighted by molar-refractivity contribution is -0.272. The van der Waals surface area contributed by atoms with Gasteiger partial charge < -0.3 is 95.8 Å². The maximum absolute atomic E-state index is 13.0. The predicted molar refractivity (Wildman–Crippen MR) is 211 cm³/mol. The van der Waals surface area contributed by atoms with Crippen LogP contribution < -0.4 is 31.9 Å². The van der Waals surface area contributed by atoms with Crippen LogP contribution in [0.15, 0.2) is 0 Å². The molecule has 1 saturated heterocycles. The van der Waals surface area contributed by atoms with Crippen LogP contribution in [0.4, 0.5) is 0 Å². The first kappa shape index (κ1) is 56.0. The van der Waals surface area contributed by atoms with E-state index in [1.54, 1.807) is 0 Å². The molecule has 62 heavy (non-hydrogen) atoms. The van der Waals surface area contributed by atoms with E-state index in [4.69, 9.17) is 28.4 Å². The number of carbonyl (C=O) groups is 7. The number of methoxy groups -OCH3 is 1. The Morgan fingerprint density at radius 1 is 0.710 bits per heavy atom. The third kappa shape index (κ3) is 22.9. The van der Waals surface area contributed by atoms with E-state index >= 15 is 0 Å². The Bertz CT molecular complexity index is 1380. The highest BCUT2D eigenvalue weighted by Crippen LogP contribution is 2.22. The quantitative estimate of drug-likeness (QED) is 0.0215. The first-order valence-corrected chi connectivity index (χ1v) is 20.1. The molecule has 12 N–H and O–H groups in total. The fraction of sp³-hybridized carbons (Fsp3) is 0.811. The lowest BCUT2D eigenvalue weighted by atomic mass is 9.97. The number of hydrogen-bond acceptors (Lipinski definition) is 19. The molecule has 0 bridgehead atoms. The molecule has 0 saturated carbocycles. The van der Waals surface area contributed by atoms with Gasteiger partial charge in [-0.05, 0) is 19.8 Å². The molecule has 358 valence electrons. The van der Waals surface area contributed by atoms with Crippen LogP contribution in [0, 0.1) is 0 Å². The number of amides is 6. The predicted octanol–water partition coefficient (Wildman–Crippen LogP) is -6.44. The summed E-state index contributed by atoms with van der Waals surface area (Å²) in [6.45, 7) is 1.89. The molecule has 6 amide bonds. The summed E-state index contributed by atoms with van der Waals surface area (Å²) >= 11 is 0. The normalized spacial score (nSPS) is 21.0. The van der Waals surface area contributed by atoms with Crippen molar-refractivity contribution in [3.8, 4) is 0 Å². The van der Waals surface area contributed by atoms with E-state index < -0.39 is 116 Å². The van der Waals surface area contributed by atoms with Gasteiger partial charge in [0.1, 0.15) is 54.5 Å². The van der Waals surface area contributed by atoms with E-state index in [1.165, 1.54) is 27.9 Å². The zero-order chi connectivity index (χ0) is 46.6. The summed E-state index contributed by atoms with van der Waals surface area (Å²) in [4.78, 5) is 84.8. The average Bonchev–Trinajstić information content (AvgIpc) is 3.22. The van der Waals surface area contributed by atoms with Crippen molar-refractivity contribution >= 4 is 41.2 Å². The van der Waals surface area contributed by atoms with Crippen molar-refractivity contribution in [1.29, 1.82) is 0 Å². The van der Waals surface area contributed by atoms with Gasteiger partial charge in [-0.1, -0.05) is 0 Å². The van der Waals surface area contributed by atoms with Gasteiger partial charge in [-0.3, -0.25) is 28.8 Å². The lowest BCUT2D eigenvalue weighted by Gasteiger charge is -2.42. The molecular formula is C37H66N6O19. The zero-order valence-corrected chi connectivity index (χ0v) is 35.6. The van der Waals surface area contributed by atoms with Gasteiger partial charge in [0.2, 0.25) is 35.4 Å². The van der Waals surface area contributed by atoms with E-state index in [0.717, 1.165) is 0 Å². The van der Waals surface area contributed by atoms with Gasteiger partial charge in [0.25, 0.3) is 0 Å². The molecule has 1 heterocycles.